The fraction of sp³-hybridized carbons (Fsp3) is 0.500. The van der Waals surface area contributed by atoms with Crippen molar-refractivity contribution in [3.8, 4) is 0 Å². The summed E-state index contributed by atoms with van der Waals surface area (Å²) in [7, 11) is 0. The van der Waals surface area contributed by atoms with E-state index < -0.39 is 11.7 Å². The monoisotopic (exact) mass is 468 g/mol. The van der Waals surface area contributed by atoms with E-state index >= 15 is 0 Å². The second-order valence-corrected chi connectivity index (χ2v) is 8.93. The van der Waals surface area contributed by atoms with Crippen LogP contribution in [0.2, 0.25) is 5.02 Å². The third-order valence-electron chi connectivity index (χ3n) is 6.59. The molecule has 172 valence electrons. The quantitative estimate of drug-likeness (QED) is 0.604. The minimum atomic E-state index is -4.42. The Balaban J connectivity index is 1.42. The molecule has 1 aromatic heterocycles. The molecule has 1 aromatic carbocycles. The molecular weight excluding hydrogens is 445 g/mol. The van der Waals surface area contributed by atoms with Crippen LogP contribution in [0.25, 0.3) is 0 Å². The van der Waals surface area contributed by atoms with Gasteiger partial charge in [0.05, 0.1) is 5.56 Å². The molecule has 2 aliphatic heterocycles. The summed E-state index contributed by atoms with van der Waals surface area (Å²) in [6, 6.07) is 4.78. The summed E-state index contributed by atoms with van der Waals surface area (Å²) in [5, 5.41) is 4.17. The number of aromatic nitrogens is 2. The molecular formula is C22H24ClF3N4O2. The van der Waals surface area contributed by atoms with Gasteiger partial charge in [-0.1, -0.05) is 17.7 Å². The molecule has 2 saturated heterocycles. The van der Waals surface area contributed by atoms with E-state index in [1.807, 2.05) is 0 Å². The lowest BCUT2D eigenvalue weighted by Gasteiger charge is -2.45. The highest BCUT2D eigenvalue weighted by atomic mass is 35.5. The van der Waals surface area contributed by atoms with Crippen LogP contribution in [0.4, 0.5) is 18.0 Å². The van der Waals surface area contributed by atoms with Crippen molar-refractivity contribution in [2.24, 2.45) is 0 Å². The molecule has 4 rings (SSSR count). The highest BCUT2D eigenvalue weighted by molar-refractivity contribution is 6.31. The first-order valence-corrected chi connectivity index (χ1v) is 10.9. The number of rotatable bonds is 3. The molecule has 10 heteroatoms. The standard InChI is InChI=1S/C22H24ClF3N4O2/c1-15(31)19-5-10-30(27-19)20(32)28-11-7-21(8-12-28)6-2-9-29(21)14-16-3-4-17(13-18(16)23)22(24,25)26/h3-5,10,13H,2,6-9,11-12,14H2,1H3. The number of likely N-dealkylation sites (tertiary alicyclic amines) is 2. The van der Waals surface area contributed by atoms with Gasteiger partial charge >= 0.3 is 12.2 Å². The van der Waals surface area contributed by atoms with Gasteiger partial charge in [-0.15, -0.1) is 0 Å². The molecule has 0 unspecified atom stereocenters. The van der Waals surface area contributed by atoms with Crippen LogP contribution < -0.4 is 0 Å². The fourth-order valence-corrected chi connectivity index (χ4v) is 4.98. The van der Waals surface area contributed by atoms with E-state index in [-0.39, 0.29) is 28.1 Å². The SMILES string of the molecule is CC(=O)c1ccn(C(=O)N2CCC3(CCCN3Cc3ccc(C(F)(F)F)cc3Cl)CC2)n1. The Labute approximate surface area is 188 Å². The Morgan fingerprint density at radius 1 is 1.12 bits per heavy atom. The average Bonchev–Trinajstić information content (AvgIpc) is 3.37. The Morgan fingerprint density at radius 3 is 2.44 bits per heavy atom. The number of nitrogens with zero attached hydrogens (tertiary/aromatic N) is 4. The van der Waals surface area contributed by atoms with Crippen molar-refractivity contribution >= 4 is 23.4 Å². The third-order valence-corrected chi connectivity index (χ3v) is 6.94. The lowest BCUT2D eigenvalue weighted by molar-refractivity contribution is -0.137. The van der Waals surface area contributed by atoms with E-state index in [1.165, 1.54) is 29.9 Å². The highest BCUT2D eigenvalue weighted by Gasteiger charge is 2.44. The maximum Gasteiger partial charge on any atom is 0.416 e. The summed E-state index contributed by atoms with van der Waals surface area (Å²) >= 11 is 6.18. The zero-order valence-electron chi connectivity index (χ0n) is 17.7. The summed E-state index contributed by atoms with van der Waals surface area (Å²) in [5.74, 6) is -0.197. The van der Waals surface area contributed by atoms with Crippen molar-refractivity contribution in [2.45, 2.75) is 50.9 Å². The Morgan fingerprint density at radius 2 is 1.84 bits per heavy atom. The molecule has 0 radical (unpaired) electrons. The van der Waals surface area contributed by atoms with Gasteiger partial charge < -0.3 is 4.90 Å². The number of carbonyl (C=O) groups excluding carboxylic acids is 2. The lowest BCUT2D eigenvalue weighted by atomic mass is 9.84. The molecule has 0 N–H and O–H groups in total. The number of hydrogen-bond donors (Lipinski definition) is 0. The maximum atomic E-state index is 12.9. The van der Waals surface area contributed by atoms with Crippen molar-refractivity contribution in [1.29, 1.82) is 0 Å². The van der Waals surface area contributed by atoms with Crippen molar-refractivity contribution in [3.05, 3.63) is 52.3 Å². The molecule has 32 heavy (non-hydrogen) atoms. The van der Waals surface area contributed by atoms with Gasteiger partial charge in [0.15, 0.2) is 5.78 Å². The number of benzene rings is 1. The number of piperidine rings is 1. The van der Waals surface area contributed by atoms with Gasteiger partial charge in [0.2, 0.25) is 0 Å². The van der Waals surface area contributed by atoms with Crippen molar-refractivity contribution in [3.63, 3.8) is 0 Å². The second kappa shape index (κ2) is 8.51. The zero-order valence-corrected chi connectivity index (χ0v) is 18.4. The van der Waals surface area contributed by atoms with Gasteiger partial charge in [-0.2, -0.15) is 23.0 Å². The Kier molecular flexibility index (Phi) is 6.06. The van der Waals surface area contributed by atoms with E-state index in [4.69, 9.17) is 11.6 Å². The number of Topliss-reactive ketones (excluding diaryl/α,β-unsaturated/α-hetero) is 1. The van der Waals surface area contributed by atoms with E-state index in [0.29, 0.717) is 25.2 Å². The third kappa shape index (κ3) is 4.41. The van der Waals surface area contributed by atoms with Gasteiger partial charge in [0.25, 0.3) is 0 Å². The first-order chi connectivity index (χ1) is 15.1. The molecule has 1 amide bonds. The van der Waals surface area contributed by atoms with Crippen molar-refractivity contribution < 1.29 is 22.8 Å². The van der Waals surface area contributed by atoms with Crippen LogP contribution in [0, 0.1) is 0 Å². The normalized spacial score (nSPS) is 19.0. The number of alkyl halides is 3. The molecule has 0 bridgehead atoms. The minimum Gasteiger partial charge on any atom is -0.323 e. The molecule has 2 fully saturated rings. The second-order valence-electron chi connectivity index (χ2n) is 8.52. The molecule has 2 aromatic rings. The van der Waals surface area contributed by atoms with E-state index in [0.717, 1.165) is 44.4 Å². The van der Waals surface area contributed by atoms with Gasteiger partial charge in [0, 0.05) is 43.3 Å². The summed E-state index contributed by atoms with van der Waals surface area (Å²) in [6.45, 7) is 3.81. The van der Waals surface area contributed by atoms with Crippen LogP contribution in [0.15, 0.2) is 30.5 Å². The van der Waals surface area contributed by atoms with Gasteiger partial charge in [0.1, 0.15) is 5.69 Å². The summed E-state index contributed by atoms with van der Waals surface area (Å²) in [4.78, 5) is 28.2. The smallest absolute Gasteiger partial charge is 0.323 e. The minimum absolute atomic E-state index is 0.0997. The number of halogens is 4. The van der Waals surface area contributed by atoms with Gasteiger partial charge in [-0.3, -0.25) is 9.69 Å². The molecule has 1 spiro atoms. The Bertz CT molecular complexity index is 1030. The van der Waals surface area contributed by atoms with Crippen LogP contribution in [0.5, 0.6) is 0 Å². The predicted octanol–water partition coefficient (Wildman–Crippen LogP) is 4.86. The van der Waals surface area contributed by atoms with E-state index in [9.17, 15) is 22.8 Å². The van der Waals surface area contributed by atoms with Crippen LogP contribution in [0.1, 0.15) is 54.2 Å². The molecule has 6 nitrogen and oxygen atoms in total. The highest BCUT2D eigenvalue weighted by Crippen LogP contribution is 2.40. The summed E-state index contributed by atoms with van der Waals surface area (Å²) < 4.78 is 40.0. The number of hydrogen-bond acceptors (Lipinski definition) is 4. The van der Waals surface area contributed by atoms with Crippen molar-refractivity contribution in [1.82, 2.24) is 19.6 Å². The van der Waals surface area contributed by atoms with Gasteiger partial charge in [-0.25, -0.2) is 4.79 Å². The van der Waals surface area contributed by atoms with Gasteiger partial charge in [-0.05, 0) is 56.0 Å². The van der Waals surface area contributed by atoms with Crippen LogP contribution >= 0.6 is 11.6 Å². The van der Waals surface area contributed by atoms with Crippen LogP contribution in [-0.4, -0.2) is 56.6 Å². The molecule has 3 heterocycles. The number of ketones is 1. The van der Waals surface area contributed by atoms with E-state index in [1.54, 1.807) is 4.90 Å². The zero-order chi connectivity index (χ0) is 23.1. The predicted molar refractivity (Wildman–Crippen MR) is 113 cm³/mol. The molecule has 2 aliphatic rings. The fourth-order valence-electron chi connectivity index (χ4n) is 4.74. The summed E-state index contributed by atoms with van der Waals surface area (Å²) in [5.41, 5.74) is 0.0769. The van der Waals surface area contributed by atoms with Crippen LogP contribution in [0.3, 0.4) is 0 Å². The Hall–Kier alpha value is -2.39. The number of carbonyl (C=O) groups is 2. The van der Waals surface area contributed by atoms with E-state index in [2.05, 4.69) is 10.00 Å². The largest absolute Gasteiger partial charge is 0.416 e. The van der Waals surface area contributed by atoms with Crippen molar-refractivity contribution in [2.75, 3.05) is 19.6 Å². The molecule has 0 aliphatic carbocycles. The topological polar surface area (TPSA) is 58.4 Å². The molecule has 0 saturated carbocycles. The first-order valence-electron chi connectivity index (χ1n) is 10.6. The summed E-state index contributed by atoms with van der Waals surface area (Å²) in [6.07, 6.45) is 0.570. The molecule has 0 atom stereocenters. The van der Waals surface area contributed by atoms with Crippen LogP contribution in [-0.2, 0) is 12.7 Å². The lowest BCUT2D eigenvalue weighted by Crippen LogP contribution is -2.53. The number of amides is 1. The average molecular weight is 469 g/mol. The first kappa shape index (κ1) is 22.8. The maximum absolute atomic E-state index is 12.9.